The lowest BCUT2D eigenvalue weighted by molar-refractivity contribution is -0.192. The first-order chi connectivity index (χ1) is 18.7. The Labute approximate surface area is 224 Å². The van der Waals surface area contributed by atoms with Crippen LogP contribution in [0, 0.1) is 5.82 Å². The van der Waals surface area contributed by atoms with Gasteiger partial charge in [-0.3, -0.25) is 24.5 Å². The molecule has 0 saturated carbocycles. The summed E-state index contributed by atoms with van der Waals surface area (Å²) in [5.74, 6) is -7.30. The lowest BCUT2D eigenvalue weighted by atomic mass is 9.92. The van der Waals surface area contributed by atoms with Crippen LogP contribution in [0.2, 0.25) is 0 Å². The van der Waals surface area contributed by atoms with Gasteiger partial charge >= 0.3 is 12.1 Å². The summed E-state index contributed by atoms with van der Waals surface area (Å²) in [4.78, 5) is 36.4. The number of carbonyl (C=O) groups excluding carboxylic acids is 2. The van der Waals surface area contributed by atoms with Crippen molar-refractivity contribution in [3.8, 4) is 0 Å². The molecule has 3 saturated heterocycles. The van der Waals surface area contributed by atoms with Gasteiger partial charge in [0.25, 0.3) is 5.92 Å². The number of alkyl halides is 5. The maximum absolute atomic E-state index is 15.2. The van der Waals surface area contributed by atoms with E-state index in [1.807, 2.05) is 9.80 Å². The summed E-state index contributed by atoms with van der Waals surface area (Å²) in [7, 11) is 1.73. The second-order valence-electron chi connectivity index (χ2n) is 9.90. The van der Waals surface area contributed by atoms with E-state index in [2.05, 4.69) is 15.7 Å². The largest absolute Gasteiger partial charge is 0.490 e. The molecule has 1 aromatic carbocycles. The highest BCUT2D eigenvalue weighted by atomic mass is 19.4. The molecule has 220 valence electrons. The molecule has 3 N–H and O–H groups in total. The van der Waals surface area contributed by atoms with Gasteiger partial charge < -0.3 is 15.3 Å². The molecule has 3 aliphatic heterocycles. The smallest absolute Gasteiger partial charge is 0.475 e. The highest BCUT2D eigenvalue weighted by Gasteiger charge is 2.45. The number of aliphatic carboxylic acids is 1. The number of benzene rings is 1. The fourth-order valence-electron chi connectivity index (χ4n) is 5.29. The van der Waals surface area contributed by atoms with Crippen LogP contribution >= 0.6 is 0 Å². The number of imide groups is 1. The fraction of sp³-hybridized carbons (Fsp3) is 0.583. The van der Waals surface area contributed by atoms with E-state index in [0.717, 1.165) is 0 Å². The van der Waals surface area contributed by atoms with Gasteiger partial charge in [0.2, 0.25) is 11.8 Å². The van der Waals surface area contributed by atoms with Gasteiger partial charge in [-0.15, -0.1) is 0 Å². The van der Waals surface area contributed by atoms with E-state index in [9.17, 15) is 31.5 Å². The minimum Gasteiger partial charge on any atom is -0.475 e. The van der Waals surface area contributed by atoms with E-state index >= 15 is 4.39 Å². The van der Waals surface area contributed by atoms with Crippen molar-refractivity contribution >= 4 is 34.4 Å². The SMILES string of the molecule is Cn1nc(C2CCC(=O)NC2=O)c2cc(F)c(N3CCN([C@H]4CCNCC4(F)F)CC3)cc21.O=C(O)C(F)(F)F. The molecule has 3 fully saturated rings. The summed E-state index contributed by atoms with van der Waals surface area (Å²) in [5.41, 5.74) is 1.54. The summed E-state index contributed by atoms with van der Waals surface area (Å²) in [5, 5.41) is 17.2. The molecule has 4 heterocycles. The van der Waals surface area contributed by atoms with Gasteiger partial charge in [-0.2, -0.15) is 18.3 Å². The summed E-state index contributed by atoms with van der Waals surface area (Å²) in [6.07, 6.45) is -4.13. The van der Waals surface area contributed by atoms with Gasteiger partial charge in [-0.25, -0.2) is 18.0 Å². The van der Waals surface area contributed by atoms with Crippen molar-refractivity contribution in [3.05, 3.63) is 23.6 Å². The molecule has 2 aromatic rings. The van der Waals surface area contributed by atoms with Crippen molar-refractivity contribution in [2.75, 3.05) is 44.2 Å². The van der Waals surface area contributed by atoms with E-state index in [-0.39, 0.29) is 18.9 Å². The predicted octanol–water partition coefficient (Wildman–Crippen LogP) is 1.99. The van der Waals surface area contributed by atoms with E-state index in [0.29, 0.717) is 67.8 Å². The van der Waals surface area contributed by atoms with Crippen LogP contribution in [0.3, 0.4) is 0 Å². The normalized spacial score (nSPS) is 23.9. The molecule has 5 rings (SSSR count). The molecule has 1 aromatic heterocycles. The van der Waals surface area contributed by atoms with E-state index in [4.69, 9.17) is 9.90 Å². The van der Waals surface area contributed by atoms with Crippen molar-refractivity contribution < 1.29 is 45.8 Å². The first-order valence-electron chi connectivity index (χ1n) is 12.6. The quantitative estimate of drug-likeness (QED) is 0.374. The number of nitrogens with one attached hydrogen (secondary N) is 2. The molecule has 16 heteroatoms. The number of nitrogens with zero attached hydrogens (tertiary/aromatic N) is 4. The van der Waals surface area contributed by atoms with Gasteiger partial charge in [-0.05, 0) is 31.5 Å². The van der Waals surface area contributed by atoms with Crippen LogP contribution < -0.4 is 15.5 Å². The second kappa shape index (κ2) is 11.2. The molecule has 3 aliphatic rings. The topological polar surface area (TPSA) is 120 Å². The number of fused-ring (bicyclic) bond motifs is 1. The zero-order valence-electron chi connectivity index (χ0n) is 21.4. The first kappa shape index (κ1) is 29.6. The first-order valence-corrected chi connectivity index (χ1v) is 12.6. The third-order valence-electron chi connectivity index (χ3n) is 7.30. The van der Waals surface area contributed by atoms with Crippen LogP contribution in [-0.4, -0.2) is 95.0 Å². The van der Waals surface area contributed by atoms with Crippen LogP contribution in [0.15, 0.2) is 12.1 Å². The number of carbonyl (C=O) groups is 3. The highest BCUT2D eigenvalue weighted by Crippen LogP contribution is 2.35. The molecular weight excluding hydrogens is 550 g/mol. The second-order valence-corrected chi connectivity index (χ2v) is 9.90. The number of carboxylic acids is 1. The molecule has 2 amide bonds. The Kier molecular flexibility index (Phi) is 8.31. The molecule has 0 radical (unpaired) electrons. The molecule has 10 nitrogen and oxygen atoms in total. The van der Waals surface area contributed by atoms with Crippen molar-refractivity contribution in [2.45, 2.75) is 43.3 Å². The molecule has 2 atom stereocenters. The summed E-state index contributed by atoms with van der Waals surface area (Å²) >= 11 is 0. The number of anilines is 1. The Morgan fingerprint density at radius 2 is 1.77 bits per heavy atom. The predicted molar refractivity (Wildman–Crippen MR) is 129 cm³/mol. The highest BCUT2D eigenvalue weighted by molar-refractivity contribution is 6.02. The zero-order chi connectivity index (χ0) is 29.4. The van der Waals surface area contributed by atoms with Gasteiger partial charge in [0.15, 0.2) is 0 Å². The molecular formula is C24H28F6N6O4. The maximum atomic E-state index is 15.2. The Bertz CT molecular complexity index is 1290. The number of carboxylic acid groups (broad SMARTS) is 1. The third-order valence-corrected chi connectivity index (χ3v) is 7.30. The van der Waals surface area contributed by atoms with Crippen LogP contribution in [0.25, 0.3) is 10.9 Å². The standard InChI is InChI=1S/C22H27F3N6O2.C2HF3O2/c1-29-16-11-17(30-6-8-31(9-7-30)18-4-5-26-12-22(18,24)25)15(23)10-14(16)20(28-29)13-2-3-19(32)27-21(13)33;3-2(4,5)1(6)7/h10-11,13,18,26H,2-9,12H2,1H3,(H,27,32,33);(H,6,7)/t13?,18-;/m0./s1. The maximum Gasteiger partial charge on any atom is 0.490 e. The minimum atomic E-state index is -5.08. The summed E-state index contributed by atoms with van der Waals surface area (Å²) < 4.78 is 77.2. The summed E-state index contributed by atoms with van der Waals surface area (Å²) in [6, 6.07) is 2.31. The van der Waals surface area contributed by atoms with Crippen molar-refractivity contribution in [2.24, 2.45) is 7.05 Å². The lowest BCUT2D eigenvalue weighted by Crippen LogP contribution is -2.61. The Morgan fingerprint density at radius 3 is 2.35 bits per heavy atom. The fourth-order valence-corrected chi connectivity index (χ4v) is 5.29. The summed E-state index contributed by atoms with van der Waals surface area (Å²) in [6.45, 7) is 2.02. The number of piperidine rings is 2. The van der Waals surface area contributed by atoms with Crippen LogP contribution in [0.4, 0.5) is 32.0 Å². The molecule has 0 bridgehead atoms. The zero-order valence-corrected chi connectivity index (χ0v) is 21.4. The Morgan fingerprint density at radius 1 is 1.12 bits per heavy atom. The third kappa shape index (κ3) is 6.16. The molecule has 0 aliphatic carbocycles. The Balaban J connectivity index is 0.000000470. The molecule has 40 heavy (non-hydrogen) atoms. The van der Waals surface area contributed by atoms with Gasteiger partial charge in [-0.1, -0.05) is 0 Å². The average Bonchev–Trinajstić information content (AvgIpc) is 3.18. The molecule has 1 unspecified atom stereocenters. The lowest BCUT2D eigenvalue weighted by Gasteiger charge is -2.44. The van der Waals surface area contributed by atoms with Gasteiger partial charge in [0.1, 0.15) is 5.82 Å². The average molecular weight is 579 g/mol. The monoisotopic (exact) mass is 578 g/mol. The Hall–Kier alpha value is -3.40. The van der Waals surface area contributed by atoms with E-state index in [1.165, 1.54) is 6.07 Å². The van der Waals surface area contributed by atoms with Crippen molar-refractivity contribution in [1.29, 1.82) is 0 Å². The molecule has 0 spiro atoms. The number of hydrogen-bond donors (Lipinski definition) is 3. The van der Waals surface area contributed by atoms with Gasteiger partial charge in [0, 0.05) is 45.0 Å². The van der Waals surface area contributed by atoms with Crippen LogP contribution in [0.5, 0.6) is 0 Å². The van der Waals surface area contributed by atoms with Crippen LogP contribution in [-0.2, 0) is 21.4 Å². The minimum absolute atomic E-state index is 0.218. The number of hydrogen-bond acceptors (Lipinski definition) is 7. The number of amides is 2. The van der Waals surface area contributed by atoms with Gasteiger partial charge in [0.05, 0.1) is 35.4 Å². The number of rotatable bonds is 3. The number of piperazine rings is 1. The van der Waals surface area contributed by atoms with E-state index < -0.39 is 41.8 Å². The van der Waals surface area contributed by atoms with E-state index in [1.54, 1.807) is 17.8 Å². The van der Waals surface area contributed by atoms with Crippen molar-refractivity contribution in [1.82, 2.24) is 25.3 Å². The number of aryl methyl sites for hydroxylation is 1. The van der Waals surface area contributed by atoms with Crippen molar-refractivity contribution in [3.63, 3.8) is 0 Å². The number of halogens is 6. The number of aromatic nitrogens is 2. The van der Waals surface area contributed by atoms with Crippen LogP contribution in [0.1, 0.15) is 30.9 Å².